The lowest BCUT2D eigenvalue weighted by atomic mass is 10.3. The first-order chi connectivity index (χ1) is 5.74. The number of rotatable bonds is 1. The Bertz CT molecular complexity index is 339. The molecular formula is C9H5IO2. The fourth-order valence-electron chi connectivity index (χ4n) is 0.657. The lowest BCUT2D eigenvalue weighted by Gasteiger charge is -2.00. The molecule has 2 nitrogen and oxygen atoms in total. The second kappa shape index (κ2) is 4.12. The SMILES string of the molecule is C#CC(=O)Oc1ccccc1I. The van der Waals surface area contributed by atoms with Gasteiger partial charge in [0.1, 0.15) is 5.75 Å². The van der Waals surface area contributed by atoms with Crippen LogP contribution in [0.1, 0.15) is 0 Å². The summed E-state index contributed by atoms with van der Waals surface area (Å²) in [6.45, 7) is 0. The Balaban J connectivity index is 2.84. The first-order valence-electron chi connectivity index (χ1n) is 3.17. The number of terminal acetylenes is 1. The average Bonchev–Trinajstić information content (AvgIpc) is 2.09. The standard InChI is InChI=1S/C9H5IO2/c1-2-9(11)12-8-6-4-3-5-7(8)10/h1,3-6H. The maximum absolute atomic E-state index is 10.7. The van der Waals surface area contributed by atoms with E-state index in [0.717, 1.165) is 3.57 Å². The van der Waals surface area contributed by atoms with Gasteiger partial charge in [-0.25, -0.2) is 4.79 Å². The normalized spacial score (nSPS) is 8.67. The average molecular weight is 272 g/mol. The highest BCUT2D eigenvalue weighted by Crippen LogP contribution is 2.19. The van der Waals surface area contributed by atoms with Crippen molar-refractivity contribution >= 4 is 28.6 Å². The molecule has 1 aromatic rings. The van der Waals surface area contributed by atoms with Crippen molar-refractivity contribution in [2.45, 2.75) is 0 Å². The van der Waals surface area contributed by atoms with Crippen LogP contribution in [0.15, 0.2) is 24.3 Å². The van der Waals surface area contributed by atoms with Gasteiger partial charge in [0.2, 0.25) is 0 Å². The first-order valence-corrected chi connectivity index (χ1v) is 4.25. The van der Waals surface area contributed by atoms with Crippen LogP contribution in [0.4, 0.5) is 0 Å². The van der Waals surface area contributed by atoms with Gasteiger partial charge in [0, 0.05) is 5.92 Å². The molecule has 0 aliphatic rings. The molecule has 0 radical (unpaired) electrons. The van der Waals surface area contributed by atoms with Crippen LogP contribution >= 0.6 is 22.6 Å². The number of hydrogen-bond donors (Lipinski definition) is 0. The van der Waals surface area contributed by atoms with Crippen molar-refractivity contribution in [1.29, 1.82) is 0 Å². The second-order valence-electron chi connectivity index (χ2n) is 1.96. The summed E-state index contributed by atoms with van der Waals surface area (Å²) < 4.78 is 5.67. The van der Waals surface area contributed by atoms with Crippen molar-refractivity contribution in [3.63, 3.8) is 0 Å². The first kappa shape index (κ1) is 9.07. The van der Waals surface area contributed by atoms with Gasteiger partial charge in [-0.05, 0) is 34.7 Å². The summed E-state index contributed by atoms with van der Waals surface area (Å²) in [5, 5.41) is 0. The number of ether oxygens (including phenoxy) is 1. The van der Waals surface area contributed by atoms with Crippen LogP contribution in [-0.4, -0.2) is 5.97 Å². The van der Waals surface area contributed by atoms with Crippen LogP contribution in [-0.2, 0) is 4.79 Å². The number of esters is 1. The Labute approximate surface area is 84.1 Å². The molecule has 0 aliphatic carbocycles. The number of para-hydroxylation sites is 1. The minimum absolute atomic E-state index is 0.501. The van der Waals surface area contributed by atoms with E-state index in [4.69, 9.17) is 11.2 Å². The van der Waals surface area contributed by atoms with Gasteiger partial charge in [-0.3, -0.25) is 0 Å². The zero-order chi connectivity index (χ0) is 8.97. The van der Waals surface area contributed by atoms with E-state index in [-0.39, 0.29) is 0 Å². The summed E-state index contributed by atoms with van der Waals surface area (Å²) in [5.74, 6) is 1.71. The van der Waals surface area contributed by atoms with E-state index in [1.165, 1.54) is 0 Å². The van der Waals surface area contributed by atoms with Gasteiger partial charge < -0.3 is 4.74 Å². The Kier molecular flexibility index (Phi) is 3.11. The second-order valence-corrected chi connectivity index (χ2v) is 3.13. The molecule has 0 aliphatic heterocycles. The van der Waals surface area contributed by atoms with Gasteiger partial charge in [0.05, 0.1) is 3.57 Å². The molecule has 1 rings (SSSR count). The van der Waals surface area contributed by atoms with Gasteiger partial charge in [0.25, 0.3) is 0 Å². The van der Waals surface area contributed by atoms with E-state index in [9.17, 15) is 4.79 Å². The van der Waals surface area contributed by atoms with Crippen molar-refractivity contribution in [1.82, 2.24) is 0 Å². The van der Waals surface area contributed by atoms with E-state index in [0.29, 0.717) is 5.75 Å². The predicted molar refractivity (Wildman–Crippen MR) is 53.6 cm³/mol. The third-order valence-corrected chi connectivity index (χ3v) is 2.05. The molecule has 0 spiro atoms. The van der Waals surface area contributed by atoms with Gasteiger partial charge in [-0.1, -0.05) is 12.1 Å². The summed E-state index contributed by atoms with van der Waals surface area (Å²) in [6.07, 6.45) is 4.84. The van der Waals surface area contributed by atoms with Crippen molar-refractivity contribution in [2.24, 2.45) is 0 Å². The van der Waals surface area contributed by atoms with Crippen LogP contribution in [0.3, 0.4) is 0 Å². The van der Waals surface area contributed by atoms with Gasteiger partial charge in [-0.15, -0.1) is 6.42 Å². The largest absolute Gasteiger partial charge is 0.416 e. The molecule has 0 aromatic heterocycles. The molecule has 0 saturated heterocycles. The number of carbonyl (C=O) groups excluding carboxylic acids is 1. The van der Waals surface area contributed by atoms with E-state index >= 15 is 0 Å². The fraction of sp³-hybridized carbons (Fsp3) is 0. The molecule has 0 saturated carbocycles. The Morgan fingerprint density at radius 3 is 2.75 bits per heavy atom. The third kappa shape index (κ3) is 2.24. The van der Waals surface area contributed by atoms with E-state index < -0.39 is 5.97 Å². The van der Waals surface area contributed by atoms with E-state index in [1.807, 2.05) is 18.1 Å². The molecule has 0 atom stereocenters. The molecule has 0 bridgehead atoms. The highest BCUT2D eigenvalue weighted by Gasteiger charge is 2.02. The van der Waals surface area contributed by atoms with Crippen molar-refractivity contribution in [2.75, 3.05) is 0 Å². The maximum Gasteiger partial charge on any atom is 0.389 e. The molecule has 0 unspecified atom stereocenters. The van der Waals surface area contributed by atoms with E-state index in [2.05, 4.69) is 22.6 Å². The number of benzene rings is 1. The Hall–Kier alpha value is -1.02. The number of hydrogen-bond acceptors (Lipinski definition) is 2. The van der Waals surface area contributed by atoms with Gasteiger partial charge in [-0.2, -0.15) is 0 Å². The lowest BCUT2D eigenvalue weighted by Crippen LogP contribution is -2.04. The maximum atomic E-state index is 10.7. The summed E-state index contributed by atoms with van der Waals surface area (Å²) in [6, 6.07) is 7.16. The molecule has 0 fully saturated rings. The fourth-order valence-corrected chi connectivity index (χ4v) is 1.15. The summed E-state index contributed by atoms with van der Waals surface area (Å²) in [5.41, 5.74) is 0. The number of halogens is 1. The minimum atomic E-state index is -0.667. The Morgan fingerprint density at radius 2 is 2.17 bits per heavy atom. The quantitative estimate of drug-likeness (QED) is 0.256. The monoisotopic (exact) mass is 272 g/mol. The van der Waals surface area contributed by atoms with E-state index in [1.54, 1.807) is 12.1 Å². The van der Waals surface area contributed by atoms with Crippen LogP contribution in [0.25, 0.3) is 0 Å². The molecule has 12 heavy (non-hydrogen) atoms. The smallest absolute Gasteiger partial charge is 0.389 e. The van der Waals surface area contributed by atoms with Crippen molar-refractivity contribution in [3.05, 3.63) is 27.8 Å². The van der Waals surface area contributed by atoms with Crippen molar-refractivity contribution < 1.29 is 9.53 Å². The van der Waals surface area contributed by atoms with Gasteiger partial charge >= 0.3 is 5.97 Å². The summed E-state index contributed by atoms with van der Waals surface area (Å²) in [7, 11) is 0. The topological polar surface area (TPSA) is 26.3 Å². The number of carbonyl (C=O) groups is 1. The molecular weight excluding hydrogens is 267 g/mol. The molecule has 60 valence electrons. The minimum Gasteiger partial charge on any atom is -0.416 e. The zero-order valence-corrected chi connectivity index (χ0v) is 8.24. The molecule has 1 aromatic carbocycles. The molecule has 0 heterocycles. The third-order valence-electron chi connectivity index (χ3n) is 1.16. The Morgan fingerprint density at radius 1 is 1.50 bits per heavy atom. The highest BCUT2D eigenvalue weighted by atomic mass is 127. The molecule has 0 N–H and O–H groups in total. The highest BCUT2D eigenvalue weighted by molar-refractivity contribution is 14.1. The van der Waals surface area contributed by atoms with Crippen LogP contribution in [0.2, 0.25) is 0 Å². The van der Waals surface area contributed by atoms with Crippen molar-refractivity contribution in [3.8, 4) is 18.1 Å². The van der Waals surface area contributed by atoms with Crippen LogP contribution in [0.5, 0.6) is 5.75 Å². The lowest BCUT2D eigenvalue weighted by molar-refractivity contribution is -0.128. The van der Waals surface area contributed by atoms with Crippen LogP contribution in [0, 0.1) is 15.9 Å². The summed E-state index contributed by atoms with van der Waals surface area (Å²) >= 11 is 2.06. The molecule has 0 amide bonds. The van der Waals surface area contributed by atoms with Gasteiger partial charge in [0.15, 0.2) is 0 Å². The van der Waals surface area contributed by atoms with Crippen LogP contribution < -0.4 is 4.74 Å². The summed E-state index contributed by atoms with van der Waals surface area (Å²) in [4.78, 5) is 10.7. The molecule has 3 heteroatoms. The zero-order valence-electron chi connectivity index (χ0n) is 6.08. The predicted octanol–water partition coefficient (Wildman–Crippen LogP) is 1.83.